The Hall–Kier alpha value is -2.38. The molecule has 4 rings (SSSR count). The molecule has 2 heterocycles. The van der Waals surface area contributed by atoms with Crippen LogP contribution in [0.5, 0.6) is 5.75 Å². The lowest BCUT2D eigenvalue weighted by Gasteiger charge is -2.23. The van der Waals surface area contributed by atoms with E-state index in [1.54, 1.807) is 18.2 Å². The second-order valence-electron chi connectivity index (χ2n) is 6.09. The lowest BCUT2D eigenvalue weighted by atomic mass is 9.97. The number of fused-ring (bicyclic) bond motifs is 1. The number of carbonyl (C=O) groups excluding carboxylic acids is 1. The van der Waals surface area contributed by atoms with Crippen LogP contribution in [-0.2, 0) is 22.6 Å². The van der Waals surface area contributed by atoms with Gasteiger partial charge in [0.25, 0.3) is 5.89 Å². The Morgan fingerprint density at radius 3 is 3.04 bits per heavy atom. The number of halogens is 2. The Kier molecular flexibility index (Phi) is 5.13. The highest BCUT2D eigenvalue weighted by atomic mass is 79.9. The molecule has 0 fully saturated rings. The van der Waals surface area contributed by atoms with Gasteiger partial charge in [0.1, 0.15) is 12.4 Å². The van der Waals surface area contributed by atoms with E-state index in [1.807, 2.05) is 24.3 Å². The summed E-state index contributed by atoms with van der Waals surface area (Å²) in [5.41, 5.74) is 1.70. The fraction of sp³-hybridized carbons (Fsp3) is 0.211. The van der Waals surface area contributed by atoms with Gasteiger partial charge in [-0.15, -0.1) is 0 Å². The van der Waals surface area contributed by atoms with Crippen molar-refractivity contribution in [3.63, 3.8) is 0 Å². The number of aromatic nitrogens is 2. The number of hydrogen-bond donors (Lipinski definition) is 0. The number of hydrogen-bond acceptors (Lipinski definition) is 6. The highest BCUT2D eigenvalue weighted by Crippen LogP contribution is 2.30. The zero-order valence-electron chi connectivity index (χ0n) is 14.0. The van der Waals surface area contributed by atoms with Gasteiger partial charge >= 0.3 is 5.97 Å². The van der Waals surface area contributed by atoms with E-state index in [0.717, 1.165) is 21.3 Å². The highest BCUT2D eigenvalue weighted by molar-refractivity contribution is 9.10. The number of nitrogens with zero attached hydrogens (tertiary/aromatic N) is 2. The fourth-order valence-corrected chi connectivity index (χ4v) is 3.42. The molecule has 0 saturated carbocycles. The summed E-state index contributed by atoms with van der Waals surface area (Å²) >= 11 is 9.41. The largest absolute Gasteiger partial charge is 0.492 e. The standard InChI is InChI=1S/C19H14BrClN2O4/c20-14-3-1-2-11(7-14)18-22-17(27-23-18)10-26-19(24)13-6-12-8-15(21)4-5-16(12)25-9-13/h1-5,7-8,13H,6,9-10H2. The fourth-order valence-electron chi connectivity index (χ4n) is 2.82. The molecule has 1 aromatic heterocycles. The predicted molar refractivity (Wildman–Crippen MR) is 101 cm³/mol. The Morgan fingerprint density at radius 1 is 1.30 bits per heavy atom. The van der Waals surface area contributed by atoms with Gasteiger partial charge in [0, 0.05) is 15.1 Å². The van der Waals surface area contributed by atoms with Gasteiger partial charge in [0.2, 0.25) is 5.82 Å². The van der Waals surface area contributed by atoms with Gasteiger partial charge in [-0.05, 0) is 42.3 Å². The SMILES string of the molecule is O=C(OCc1nc(-c2cccc(Br)c2)no1)C1COc2ccc(Cl)cc2C1. The van der Waals surface area contributed by atoms with E-state index in [2.05, 4.69) is 26.1 Å². The molecule has 0 aliphatic carbocycles. The number of carbonyl (C=O) groups is 1. The second-order valence-corrected chi connectivity index (χ2v) is 7.45. The molecular weight excluding hydrogens is 436 g/mol. The van der Waals surface area contributed by atoms with Crippen molar-refractivity contribution >= 4 is 33.5 Å². The zero-order chi connectivity index (χ0) is 18.8. The van der Waals surface area contributed by atoms with E-state index in [4.69, 9.17) is 25.6 Å². The lowest BCUT2D eigenvalue weighted by molar-refractivity contribution is -0.152. The van der Waals surface area contributed by atoms with Crippen LogP contribution in [0.1, 0.15) is 11.5 Å². The molecule has 3 aromatic rings. The van der Waals surface area contributed by atoms with Crippen molar-refractivity contribution in [1.82, 2.24) is 10.1 Å². The van der Waals surface area contributed by atoms with Crippen LogP contribution < -0.4 is 4.74 Å². The molecule has 0 radical (unpaired) electrons. The van der Waals surface area contributed by atoms with Crippen molar-refractivity contribution in [1.29, 1.82) is 0 Å². The van der Waals surface area contributed by atoms with Gasteiger partial charge < -0.3 is 14.0 Å². The van der Waals surface area contributed by atoms with E-state index in [0.29, 0.717) is 17.3 Å². The van der Waals surface area contributed by atoms with Crippen LogP contribution in [0, 0.1) is 5.92 Å². The summed E-state index contributed by atoms with van der Waals surface area (Å²) in [5, 5.41) is 4.53. The molecule has 1 aliphatic rings. The molecule has 0 saturated heterocycles. The first kappa shape index (κ1) is 18.0. The molecule has 8 heteroatoms. The Balaban J connectivity index is 1.37. The normalized spacial score (nSPS) is 15.7. The third-order valence-corrected chi connectivity index (χ3v) is 4.88. The van der Waals surface area contributed by atoms with Gasteiger partial charge in [-0.3, -0.25) is 4.79 Å². The maximum atomic E-state index is 12.4. The van der Waals surface area contributed by atoms with Crippen molar-refractivity contribution < 1.29 is 18.8 Å². The summed E-state index contributed by atoms with van der Waals surface area (Å²) in [4.78, 5) is 16.6. The van der Waals surface area contributed by atoms with Crippen molar-refractivity contribution in [2.75, 3.05) is 6.61 Å². The molecular formula is C19H14BrClN2O4. The quantitative estimate of drug-likeness (QED) is 0.548. The molecule has 0 amide bonds. The number of esters is 1. The van der Waals surface area contributed by atoms with Crippen molar-refractivity contribution in [3.05, 3.63) is 63.4 Å². The molecule has 1 unspecified atom stereocenters. The molecule has 0 spiro atoms. The predicted octanol–water partition coefficient (Wildman–Crippen LogP) is 4.45. The molecule has 2 aromatic carbocycles. The molecule has 0 bridgehead atoms. The third-order valence-electron chi connectivity index (χ3n) is 4.15. The molecule has 138 valence electrons. The van der Waals surface area contributed by atoms with Crippen molar-refractivity contribution in [3.8, 4) is 17.1 Å². The van der Waals surface area contributed by atoms with Gasteiger partial charge in [-0.2, -0.15) is 4.98 Å². The van der Waals surface area contributed by atoms with Crippen LogP contribution in [0.4, 0.5) is 0 Å². The first-order valence-electron chi connectivity index (χ1n) is 8.25. The monoisotopic (exact) mass is 448 g/mol. The van der Waals surface area contributed by atoms with Crippen LogP contribution in [0.2, 0.25) is 5.02 Å². The van der Waals surface area contributed by atoms with Gasteiger partial charge in [0.15, 0.2) is 6.61 Å². The minimum Gasteiger partial charge on any atom is -0.492 e. The van der Waals surface area contributed by atoms with Gasteiger partial charge in [0.05, 0.1) is 5.92 Å². The number of ether oxygens (including phenoxy) is 2. The average Bonchev–Trinajstić information content (AvgIpc) is 3.14. The summed E-state index contributed by atoms with van der Waals surface area (Å²) in [6.45, 7) is 0.180. The van der Waals surface area contributed by atoms with E-state index < -0.39 is 5.92 Å². The molecule has 0 N–H and O–H groups in total. The Morgan fingerprint density at radius 2 is 2.19 bits per heavy atom. The maximum absolute atomic E-state index is 12.4. The minimum absolute atomic E-state index is 0.0846. The highest BCUT2D eigenvalue weighted by Gasteiger charge is 2.28. The van der Waals surface area contributed by atoms with Crippen molar-refractivity contribution in [2.45, 2.75) is 13.0 Å². The van der Waals surface area contributed by atoms with Crippen LogP contribution in [0.15, 0.2) is 51.5 Å². The lowest BCUT2D eigenvalue weighted by Crippen LogP contribution is -2.29. The second kappa shape index (κ2) is 7.70. The van der Waals surface area contributed by atoms with E-state index in [-0.39, 0.29) is 25.1 Å². The smallest absolute Gasteiger partial charge is 0.313 e. The third kappa shape index (κ3) is 4.14. The molecule has 1 aliphatic heterocycles. The minimum atomic E-state index is -0.400. The maximum Gasteiger partial charge on any atom is 0.313 e. The van der Waals surface area contributed by atoms with Crippen LogP contribution in [0.25, 0.3) is 11.4 Å². The van der Waals surface area contributed by atoms with Crippen molar-refractivity contribution in [2.24, 2.45) is 5.92 Å². The molecule has 27 heavy (non-hydrogen) atoms. The zero-order valence-corrected chi connectivity index (χ0v) is 16.4. The molecule has 1 atom stereocenters. The Labute approximate surface area is 168 Å². The van der Waals surface area contributed by atoms with Crippen LogP contribution in [-0.4, -0.2) is 22.7 Å². The molecule has 6 nitrogen and oxygen atoms in total. The van der Waals surface area contributed by atoms with Crippen LogP contribution in [0.3, 0.4) is 0 Å². The van der Waals surface area contributed by atoms with E-state index in [1.165, 1.54) is 0 Å². The van der Waals surface area contributed by atoms with Gasteiger partial charge in [-0.25, -0.2) is 0 Å². The topological polar surface area (TPSA) is 74.5 Å². The summed E-state index contributed by atoms with van der Waals surface area (Å²) in [5.74, 6) is 0.649. The summed E-state index contributed by atoms with van der Waals surface area (Å²) < 4.78 is 17.0. The van der Waals surface area contributed by atoms with Gasteiger partial charge in [-0.1, -0.05) is 44.8 Å². The number of benzene rings is 2. The summed E-state index contributed by atoms with van der Waals surface area (Å²) in [6.07, 6.45) is 0.516. The first-order chi connectivity index (χ1) is 13.1. The first-order valence-corrected chi connectivity index (χ1v) is 9.42. The average molecular weight is 450 g/mol. The van der Waals surface area contributed by atoms with Crippen LogP contribution >= 0.6 is 27.5 Å². The summed E-state index contributed by atoms with van der Waals surface area (Å²) in [6, 6.07) is 12.9. The van der Waals surface area contributed by atoms with E-state index >= 15 is 0 Å². The summed E-state index contributed by atoms with van der Waals surface area (Å²) in [7, 11) is 0. The number of rotatable bonds is 4. The Bertz CT molecular complexity index is 991. The van der Waals surface area contributed by atoms with E-state index in [9.17, 15) is 4.79 Å².